The highest BCUT2D eigenvalue weighted by atomic mass is 16.5. The van der Waals surface area contributed by atoms with Crippen LogP contribution in [0.4, 0.5) is 5.82 Å². The molecule has 1 saturated heterocycles. The molecule has 2 aromatic heterocycles. The van der Waals surface area contributed by atoms with Crippen LogP contribution in [0, 0.1) is 0 Å². The Morgan fingerprint density at radius 1 is 1.08 bits per heavy atom. The molecule has 0 spiro atoms. The van der Waals surface area contributed by atoms with E-state index >= 15 is 0 Å². The van der Waals surface area contributed by atoms with Gasteiger partial charge in [-0.2, -0.15) is 5.10 Å². The predicted octanol–water partition coefficient (Wildman–Crippen LogP) is 2.56. The molecule has 0 radical (unpaired) electrons. The number of H-pyrrole nitrogens is 1. The molecule has 0 saturated carbocycles. The van der Waals surface area contributed by atoms with Crippen LogP contribution in [0.5, 0.6) is 5.75 Å². The summed E-state index contributed by atoms with van der Waals surface area (Å²) in [6.45, 7) is 10.0. The zero-order valence-electron chi connectivity index (χ0n) is 15.3. The SMILES string of the molecule is CCOc1ccc2[nH]nc(-c3cc(N4CCN(CC)CC4)ncn3)c2c1. The van der Waals surface area contributed by atoms with E-state index in [0.717, 1.165) is 66.6 Å². The van der Waals surface area contributed by atoms with E-state index in [1.807, 2.05) is 31.2 Å². The fourth-order valence-electron chi connectivity index (χ4n) is 3.39. The maximum absolute atomic E-state index is 5.63. The van der Waals surface area contributed by atoms with Gasteiger partial charge in [-0.05, 0) is 31.7 Å². The highest BCUT2D eigenvalue weighted by molar-refractivity contribution is 5.93. The number of aromatic nitrogens is 4. The van der Waals surface area contributed by atoms with Gasteiger partial charge in [-0.3, -0.25) is 5.10 Å². The number of aromatic amines is 1. The minimum Gasteiger partial charge on any atom is -0.494 e. The molecule has 7 nitrogen and oxygen atoms in total. The lowest BCUT2D eigenvalue weighted by molar-refractivity contribution is 0.270. The van der Waals surface area contributed by atoms with Gasteiger partial charge in [-0.1, -0.05) is 6.92 Å². The van der Waals surface area contributed by atoms with E-state index in [-0.39, 0.29) is 0 Å². The van der Waals surface area contributed by atoms with Crippen LogP contribution in [0.3, 0.4) is 0 Å². The summed E-state index contributed by atoms with van der Waals surface area (Å²) >= 11 is 0. The maximum Gasteiger partial charge on any atom is 0.132 e. The van der Waals surface area contributed by atoms with Crippen molar-refractivity contribution in [2.24, 2.45) is 0 Å². The summed E-state index contributed by atoms with van der Waals surface area (Å²) < 4.78 is 5.63. The van der Waals surface area contributed by atoms with E-state index in [4.69, 9.17) is 4.74 Å². The number of rotatable bonds is 5. The van der Waals surface area contributed by atoms with E-state index in [1.54, 1.807) is 6.33 Å². The standard InChI is InChI=1S/C19H24N6O/c1-3-24-7-9-25(10-8-24)18-12-17(20-13-21-18)19-15-11-14(26-4-2)5-6-16(15)22-23-19/h5-6,11-13H,3-4,7-10H2,1-2H3,(H,22,23). The Bertz CT molecular complexity index is 885. The van der Waals surface area contributed by atoms with Crippen molar-refractivity contribution in [2.45, 2.75) is 13.8 Å². The van der Waals surface area contributed by atoms with Crippen molar-refractivity contribution in [3.63, 3.8) is 0 Å². The molecule has 136 valence electrons. The summed E-state index contributed by atoms with van der Waals surface area (Å²) in [6, 6.07) is 7.99. The Kier molecular flexibility index (Phi) is 4.71. The summed E-state index contributed by atoms with van der Waals surface area (Å²) in [5.74, 6) is 1.80. The van der Waals surface area contributed by atoms with Crippen molar-refractivity contribution in [2.75, 3.05) is 44.2 Å². The van der Waals surface area contributed by atoms with Crippen LogP contribution < -0.4 is 9.64 Å². The smallest absolute Gasteiger partial charge is 0.132 e. The van der Waals surface area contributed by atoms with Crippen molar-refractivity contribution in [3.05, 3.63) is 30.6 Å². The largest absolute Gasteiger partial charge is 0.494 e. The number of anilines is 1. The quantitative estimate of drug-likeness (QED) is 0.761. The molecule has 1 aromatic carbocycles. The number of benzene rings is 1. The van der Waals surface area contributed by atoms with Gasteiger partial charge in [0.1, 0.15) is 23.6 Å². The van der Waals surface area contributed by atoms with Crippen molar-refractivity contribution in [1.82, 2.24) is 25.1 Å². The van der Waals surface area contributed by atoms with Crippen LogP contribution >= 0.6 is 0 Å². The van der Waals surface area contributed by atoms with E-state index in [2.05, 4.69) is 36.9 Å². The molecule has 0 bridgehead atoms. The lowest BCUT2D eigenvalue weighted by Crippen LogP contribution is -2.46. The molecule has 0 amide bonds. The number of fused-ring (bicyclic) bond motifs is 1. The number of hydrogen-bond donors (Lipinski definition) is 1. The zero-order valence-corrected chi connectivity index (χ0v) is 15.3. The summed E-state index contributed by atoms with van der Waals surface area (Å²) in [5, 5.41) is 8.57. The Balaban J connectivity index is 1.64. The average molecular weight is 352 g/mol. The van der Waals surface area contributed by atoms with E-state index < -0.39 is 0 Å². The molecule has 1 N–H and O–H groups in total. The normalized spacial score (nSPS) is 15.5. The first-order chi connectivity index (χ1) is 12.8. The Labute approximate surface area is 153 Å². The van der Waals surface area contributed by atoms with Gasteiger partial charge in [0.05, 0.1) is 17.8 Å². The Hall–Kier alpha value is -2.67. The molecule has 0 atom stereocenters. The molecule has 3 heterocycles. The van der Waals surface area contributed by atoms with Gasteiger partial charge < -0.3 is 14.5 Å². The predicted molar refractivity (Wildman–Crippen MR) is 103 cm³/mol. The molecule has 3 aromatic rings. The number of piperazine rings is 1. The first kappa shape index (κ1) is 16.8. The molecule has 0 unspecified atom stereocenters. The molecule has 1 aliphatic heterocycles. The Morgan fingerprint density at radius 2 is 1.92 bits per heavy atom. The molecular weight excluding hydrogens is 328 g/mol. The van der Waals surface area contributed by atoms with Crippen LogP contribution in [-0.2, 0) is 0 Å². The minimum absolute atomic E-state index is 0.639. The summed E-state index contributed by atoms with van der Waals surface area (Å²) in [4.78, 5) is 13.7. The lowest BCUT2D eigenvalue weighted by atomic mass is 10.1. The van der Waals surface area contributed by atoms with Crippen LogP contribution in [0.15, 0.2) is 30.6 Å². The second kappa shape index (κ2) is 7.29. The molecule has 26 heavy (non-hydrogen) atoms. The monoisotopic (exact) mass is 352 g/mol. The average Bonchev–Trinajstić information content (AvgIpc) is 3.12. The fraction of sp³-hybridized carbons (Fsp3) is 0.421. The number of likely N-dealkylation sites (N-methyl/N-ethyl adjacent to an activating group) is 1. The van der Waals surface area contributed by atoms with Crippen molar-refractivity contribution in [3.8, 4) is 17.1 Å². The minimum atomic E-state index is 0.639. The molecule has 4 rings (SSSR count). The molecular formula is C19H24N6O. The topological polar surface area (TPSA) is 70.2 Å². The first-order valence-electron chi connectivity index (χ1n) is 9.19. The van der Waals surface area contributed by atoms with Crippen molar-refractivity contribution in [1.29, 1.82) is 0 Å². The molecule has 1 fully saturated rings. The molecule has 1 aliphatic rings. The van der Waals surface area contributed by atoms with Crippen LogP contribution in [0.1, 0.15) is 13.8 Å². The van der Waals surface area contributed by atoms with Crippen LogP contribution in [0.25, 0.3) is 22.3 Å². The van der Waals surface area contributed by atoms with Gasteiger partial charge in [0.15, 0.2) is 0 Å². The molecule has 7 heteroatoms. The fourth-order valence-corrected chi connectivity index (χ4v) is 3.39. The second-order valence-electron chi connectivity index (χ2n) is 6.40. The van der Waals surface area contributed by atoms with E-state index in [1.165, 1.54) is 0 Å². The highest BCUT2D eigenvalue weighted by Gasteiger charge is 2.18. The highest BCUT2D eigenvalue weighted by Crippen LogP contribution is 2.29. The number of ether oxygens (including phenoxy) is 1. The van der Waals surface area contributed by atoms with Crippen molar-refractivity contribution >= 4 is 16.7 Å². The van der Waals surface area contributed by atoms with Gasteiger partial charge >= 0.3 is 0 Å². The van der Waals surface area contributed by atoms with Gasteiger partial charge in [0.2, 0.25) is 0 Å². The summed E-state index contributed by atoms with van der Waals surface area (Å²) in [6.07, 6.45) is 1.63. The van der Waals surface area contributed by atoms with Gasteiger partial charge in [-0.15, -0.1) is 0 Å². The summed E-state index contributed by atoms with van der Waals surface area (Å²) in [5.41, 5.74) is 2.63. The van der Waals surface area contributed by atoms with Crippen LogP contribution in [0.2, 0.25) is 0 Å². The third-order valence-electron chi connectivity index (χ3n) is 4.88. The maximum atomic E-state index is 5.63. The summed E-state index contributed by atoms with van der Waals surface area (Å²) in [7, 11) is 0. The van der Waals surface area contributed by atoms with E-state index in [9.17, 15) is 0 Å². The third-order valence-corrected chi connectivity index (χ3v) is 4.88. The second-order valence-corrected chi connectivity index (χ2v) is 6.40. The number of nitrogens with one attached hydrogen (secondary N) is 1. The molecule has 0 aliphatic carbocycles. The van der Waals surface area contributed by atoms with Gasteiger partial charge in [-0.25, -0.2) is 9.97 Å². The zero-order chi connectivity index (χ0) is 17.9. The first-order valence-corrected chi connectivity index (χ1v) is 9.19. The third kappa shape index (κ3) is 3.22. The Morgan fingerprint density at radius 3 is 2.69 bits per heavy atom. The lowest BCUT2D eigenvalue weighted by Gasteiger charge is -2.34. The van der Waals surface area contributed by atoms with Crippen LogP contribution in [-0.4, -0.2) is 64.4 Å². The van der Waals surface area contributed by atoms with Gasteiger partial charge in [0, 0.05) is 37.6 Å². The number of hydrogen-bond acceptors (Lipinski definition) is 6. The van der Waals surface area contributed by atoms with Crippen molar-refractivity contribution < 1.29 is 4.74 Å². The van der Waals surface area contributed by atoms with Gasteiger partial charge in [0.25, 0.3) is 0 Å². The number of nitrogens with zero attached hydrogens (tertiary/aromatic N) is 5. The van der Waals surface area contributed by atoms with E-state index in [0.29, 0.717) is 6.61 Å².